The fourth-order valence-corrected chi connectivity index (χ4v) is 12.0. The molecule has 4 heterocycles. The summed E-state index contributed by atoms with van der Waals surface area (Å²) in [6.07, 6.45) is 5.10. The van der Waals surface area contributed by atoms with Crippen LogP contribution in [0.5, 0.6) is 0 Å². The molecule has 67 heavy (non-hydrogen) atoms. The zero-order chi connectivity index (χ0) is 47.5. The Morgan fingerprint density at radius 2 is 1.60 bits per heavy atom. The Kier molecular flexibility index (Phi) is 14.5. The molecule has 2 aromatic carbocycles. The molecule has 2 saturated carbocycles. The highest BCUT2D eigenvalue weighted by molar-refractivity contribution is 7.90. The Balaban J connectivity index is 1.03. The van der Waals surface area contributed by atoms with Gasteiger partial charge in [0.2, 0.25) is 11.8 Å². The molecule has 5 atom stereocenters. The first-order chi connectivity index (χ1) is 32.1. The number of sulfonamides is 1. The molecule has 1 spiro atoms. The number of hydrogen-bond acceptors (Lipinski definition) is 12. The van der Waals surface area contributed by atoms with Gasteiger partial charge in [0.15, 0.2) is 0 Å². The van der Waals surface area contributed by atoms with Crippen LogP contribution in [0.25, 0.3) is 0 Å². The van der Waals surface area contributed by atoms with E-state index in [-0.39, 0.29) is 56.6 Å². The molecule has 21 heteroatoms. The standard InChI is InChI=1S/C46H58FN7O11S2/c1-2-32-25-46(32)43(58)51-67(62,63)39-23-33(47)15-16-36(39)48-17-9-5-3-4-6-12-37(49-44(59)64-34-10-7-8-11-34)42(57)54-28-35(24-38(54)40(55)50-46)65-45(60)53-26-30-14-13-29(22-31(30)27-53)41(56)52-18-20-66(61)21-19-52/h2,13-16,22-23,32,34-35,37-38,48H,1,3-12,17-21,24-28H2,(H,49,59)(H,50,55)(H,51,58)/t32-,35-,37+,38+,46-/m1/s1. The third-order valence-electron chi connectivity index (χ3n) is 13.7. The molecule has 6 amide bonds. The van der Waals surface area contributed by atoms with E-state index in [1.165, 1.54) is 21.9 Å². The second-order valence-electron chi connectivity index (χ2n) is 18.3. The van der Waals surface area contributed by atoms with Crippen molar-refractivity contribution >= 4 is 62.3 Å². The van der Waals surface area contributed by atoms with Gasteiger partial charge in [-0.25, -0.2) is 27.1 Å². The molecule has 18 nitrogen and oxygen atoms in total. The third kappa shape index (κ3) is 10.9. The van der Waals surface area contributed by atoms with Crippen molar-refractivity contribution < 1.29 is 55.3 Å². The Hall–Kier alpha value is -5.57. The van der Waals surface area contributed by atoms with Crippen LogP contribution in [0.1, 0.15) is 98.5 Å². The van der Waals surface area contributed by atoms with Crippen LogP contribution in [-0.2, 0) is 57.8 Å². The van der Waals surface area contributed by atoms with Crippen LogP contribution in [0.15, 0.2) is 53.9 Å². The van der Waals surface area contributed by atoms with Gasteiger partial charge in [0.05, 0.1) is 12.2 Å². The number of nitrogens with zero attached hydrogens (tertiary/aromatic N) is 3. The Bertz CT molecular complexity index is 2420. The number of halogens is 1. The maximum atomic E-state index is 14.7. The van der Waals surface area contributed by atoms with Crippen LogP contribution in [-0.4, -0.2) is 131 Å². The highest BCUT2D eigenvalue weighted by Crippen LogP contribution is 2.45. The largest absolute Gasteiger partial charge is 0.446 e. The van der Waals surface area contributed by atoms with E-state index in [1.54, 1.807) is 23.1 Å². The monoisotopic (exact) mass is 967 g/mol. The van der Waals surface area contributed by atoms with E-state index >= 15 is 0 Å². The lowest BCUT2D eigenvalue weighted by atomic mass is 10.0. The zero-order valence-electron chi connectivity index (χ0n) is 37.3. The summed E-state index contributed by atoms with van der Waals surface area (Å²) < 4.78 is 67.7. The van der Waals surface area contributed by atoms with Crippen LogP contribution in [0.4, 0.5) is 19.7 Å². The second kappa shape index (κ2) is 20.3. The van der Waals surface area contributed by atoms with E-state index in [4.69, 9.17) is 9.47 Å². The van der Waals surface area contributed by atoms with Crippen LogP contribution >= 0.6 is 0 Å². The lowest BCUT2D eigenvalue weighted by Crippen LogP contribution is -2.58. The summed E-state index contributed by atoms with van der Waals surface area (Å²) in [6.45, 7) is 4.96. The van der Waals surface area contributed by atoms with Crippen molar-refractivity contribution in [3.8, 4) is 0 Å². The highest BCUT2D eigenvalue weighted by Gasteiger charge is 2.61. The van der Waals surface area contributed by atoms with Crippen molar-refractivity contribution in [2.75, 3.05) is 43.0 Å². The lowest BCUT2D eigenvalue weighted by Gasteiger charge is -2.30. The molecular weight excluding hydrogens is 910 g/mol. The third-order valence-corrected chi connectivity index (χ3v) is 16.3. The topological polar surface area (TPSA) is 230 Å². The van der Waals surface area contributed by atoms with E-state index in [9.17, 15) is 45.8 Å². The first kappa shape index (κ1) is 47.9. The first-order valence-electron chi connectivity index (χ1n) is 23.2. The summed E-state index contributed by atoms with van der Waals surface area (Å²) in [5.41, 5.74) is 0.291. The van der Waals surface area contributed by atoms with Gasteiger partial charge in [-0.3, -0.25) is 28.3 Å². The molecule has 0 bridgehead atoms. The number of fused-ring (bicyclic) bond motifs is 3. The Morgan fingerprint density at radius 3 is 2.34 bits per heavy atom. The number of hydrogen-bond donors (Lipinski definition) is 4. The van der Waals surface area contributed by atoms with Gasteiger partial charge >= 0.3 is 12.2 Å². The molecule has 2 aliphatic carbocycles. The molecule has 0 aromatic heterocycles. The molecule has 2 saturated heterocycles. The predicted octanol–water partition coefficient (Wildman–Crippen LogP) is 3.82. The Labute approximate surface area is 391 Å². The number of nitrogens with one attached hydrogen (secondary N) is 4. The van der Waals surface area contributed by atoms with Crippen LogP contribution < -0.4 is 20.7 Å². The van der Waals surface area contributed by atoms with E-state index in [0.717, 1.165) is 48.9 Å². The van der Waals surface area contributed by atoms with Gasteiger partial charge in [0.1, 0.15) is 40.5 Å². The number of anilines is 1. The number of benzene rings is 2. The van der Waals surface area contributed by atoms with Crippen molar-refractivity contribution in [3.05, 3.63) is 71.6 Å². The van der Waals surface area contributed by atoms with Crippen molar-refractivity contribution in [2.45, 2.75) is 125 Å². The van der Waals surface area contributed by atoms with Crippen molar-refractivity contribution in [3.63, 3.8) is 0 Å². The summed E-state index contributed by atoms with van der Waals surface area (Å²) in [5.74, 6) is -3.45. The zero-order valence-corrected chi connectivity index (χ0v) is 38.9. The first-order valence-corrected chi connectivity index (χ1v) is 26.2. The minimum atomic E-state index is -4.70. The van der Waals surface area contributed by atoms with E-state index in [2.05, 4.69) is 22.5 Å². The molecule has 4 N–H and O–H groups in total. The van der Waals surface area contributed by atoms with Crippen LogP contribution in [0.3, 0.4) is 0 Å². The number of alkyl carbamates (subject to hydrolysis) is 1. The maximum absolute atomic E-state index is 14.7. The summed E-state index contributed by atoms with van der Waals surface area (Å²) in [6, 6.07) is 5.97. The molecular formula is C46H58FN7O11S2. The lowest BCUT2D eigenvalue weighted by molar-refractivity contribution is -0.141. The fraction of sp³-hybridized carbons (Fsp3) is 0.565. The van der Waals surface area contributed by atoms with E-state index in [1.807, 2.05) is 4.72 Å². The van der Waals surface area contributed by atoms with Gasteiger partial charge in [0.25, 0.3) is 21.8 Å². The van der Waals surface area contributed by atoms with Crippen molar-refractivity contribution in [2.24, 2.45) is 5.92 Å². The van der Waals surface area contributed by atoms with Crippen molar-refractivity contribution in [1.29, 1.82) is 0 Å². The summed E-state index contributed by atoms with van der Waals surface area (Å²) in [7, 11) is -5.64. The quantitative estimate of drug-likeness (QED) is 0.314. The molecule has 362 valence electrons. The fourth-order valence-electron chi connectivity index (χ4n) is 9.76. The molecule has 4 fully saturated rings. The summed E-state index contributed by atoms with van der Waals surface area (Å²) in [5, 5.41) is 8.51. The number of amides is 6. The number of ether oxygens (including phenoxy) is 2. The molecule has 6 aliphatic rings. The SMILES string of the molecule is C=C[C@@H]1C[C@@]12NC(=O)[C@@H]1C[C@@H](OC(=O)N3Cc4ccc(C(=O)N5CCS(=O)CC5)cc4C3)CN1C(=O)[C@@H](NC(=O)OC1CCCC1)CCCCCCCNc1ccc(F)cc1S(=O)(=O)NC2=O. The number of carbonyl (C=O) groups is 6. The normalized spacial score (nSPS) is 27.4. The van der Waals surface area contributed by atoms with Gasteiger partial charge < -0.3 is 35.2 Å². The van der Waals surface area contributed by atoms with Gasteiger partial charge in [-0.1, -0.05) is 37.8 Å². The summed E-state index contributed by atoms with van der Waals surface area (Å²) >= 11 is 0. The average molecular weight is 968 g/mol. The average Bonchev–Trinajstić information content (AvgIpc) is 3.68. The molecule has 2 aromatic rings. The van der Waals surface area contributed by atoms with Crippen LogP contribution in [0.2, 0.25) is 0 Å². The van der Waals surface area contributed by atoms with Gasteiger partial charge in [-0.2, -0.15) is 0 Å². The molecule has 0 radical (unpaired) electrons. The number of carbonyl (C=O) groups excluding carboxylic acids is 6. The molecule has 0 unspecified atom stereocenters. The van der Waals surface area contributed by atoms with E-state index < -0.39 is 91.1 Å². The minimum absolute atomic E-state index is 0.0318. The van der Waals surface area contributed by atoms with Gasteiger partial charge in [-0.05, 0) is 86.4 Å². The maximum Gasteiger partial charge on any atom is 0.410 e. The van der Waals surface area contributed by atoms with E-state index in [0.29, 0.717) is 68.8 Å². The second-order valence-corrected chi connectivity index (χ2v) is 21.6. The van der Waals surface area contributed by atoms with Crippen LogP contribution in [0, 0.1) is 11.7 Å². The Morgan fingerprint density at radius 1 is 0.881 bits per heavy atom. The molecule has 8 rings (SSSR count). The summed E-state index contributed by atoms with van der Waals surface area (Å²) in [4.78, 5) is 87.7. The predicted molar refractivity (Wildman–Crippen MR) is 243 cm³/mol. The number of rotatable bonds is 5. The smallest absolute Gasteiger partial charge is 0.410 e. The minimum Gasteiger partial charge on any atom is -0.446 e. The highest BCUT2D eigenvalue weighted by atomic mass is 32.2. The van der Waals surface area contributed by atoms with Crippen molar-refractivity contribution in [1.82, 2.24) is 30.1 Å². The molecule has 4 aliphatic heterocycles. The van der Waals surface area contributed by atoms with Gasteiger partial charge in [0, 0.05) is 72.9 Å². The van der Waals surface area contributed by atoms with Gasteiger partial charge in [-0.15, -0.1) is 6.58 Å².